The van der Waals surface area contributed by atoms with Gasteiger partial charge in [-0.25, -0.2) is 4.79 Å². The summed E-state index contributed by atoms with van der Waals surface area (Å²) in [7, 11) is 0. The molecule has 102 valence electrons. The smallest absolute Gasteiger partial charge is 0.545 e. The van der Waals surface area contributed by atoms with Gasteiger partial charge in [0, 0.05) is 13.0 Å². The fourth-order valence-corrected chi connectivity index (χ4v) is 0.619. The zero-order valence-electron chi connectivity index (χ0n) is 11.5. The normalized spacial score (nSPS) is 8.53. The van der Waals surface area contributed by atoms with Gasteiger partial charge in [-0.2, -0.15) is 0 Å². The van der Waals surface area contributed by atoms with Gasteiger partial charge in [-0.15, -0.1) is 0 Å². The SMILES string of the molecule is C=COC(C)=O.CCCCOC(=O)C=CC(=O)[O-].[Na+]. The van der Waals surface area contributed by atoms with Gasteiger partial charge in [0.05, 0.1) is 18.8 Å². The van der Waals surface area contributed by atoms with E-state index in [0.717, 1.165) is 25.2 Å². The third-order valence-corrected chi connectivity index (χ3v) is 1.35. The van der Waals surface area contributed by atoms with Crippen molar-refractivity contribution in [3.05, 3.63) is 25.0 Å². The number of aliphatic carboxylic acids is 1. The van der Waals surface area contributed by atoms with E-state index in [1.807, 2.05) is 6.92 Å². The summed E-state index contributed by atoms with van der Waals surface area (Å²) < 4.78 is 8.78. The Labute approximate surface area is 134 Å². The van der Waals surface area contributed by atoms with E-state index in [2.05, 4.69) is 16.1 Å². The van der Waals surface area contributed by atoms with E-state index >= 15 is 0 Å². The average molecular weight is 280 g/mol. The Hall–Kier alpha value is -1.11. The molecule has 0 aliphatic rings. The first-order chi connectivity index (χ1) is 8.43. The van der Waals surface area contributed by atoms with Crippen molar-refractivity contribution in [2.24, 2.45) is 0 Å². The molecular formula is C12H17NaO6. The summed E-state index contributed by atoms with van der Waals surface area (Å²) in [6.45, 7) is 6.77. The maximum Gasteiger partial charge on any atom is 1.00 e. The molecule has 0 unspecified atom stereocenters. The zero-order chi connectivity index (χ0) is 14.4. The van der Waals surface area contributed by atoms with Crippen LogP contribution in [-0.4, -0.2) is 24.5 Å². The van der Waals surface area contributed by atoms with Crippen LogP contribution in [0.15, 0.2) is 25.0 Å². The number of hydrogen-bond donors (Lipinski definition) is 0. The second-order valence-electron chi connectivity index (χ2n) is 2.95. The van der Waals surface area contributed by atoms with E-state index in [-0.39, 0.29) is 35.5 Å². The maximum absolute atomic E-state index is 10.6. The summed E-state index contributed by atoms with van der Waals surface area (Å²) in [6.07, 6.45) is 4.30. The van der Waals surface area contributed by atoms with Crippen molar-refractivity contribution in [1.82, 2.24) is 0 Å². The molecule has 0 saturated carbocycles. The first-order valence-corrected chi connectivity index (χ1v) is 5.28. The first-order valence-electron chi connectivity index (χ1n) is 5.28. The maximum atomic E-state index is 10.6. The Bertz CT molecular complexity index is 311. The minimum Gasteiger partial charge on any atom is -0.545 e. The first kappa shape index (κ1) is 23.0. The van der Waals surface area contributed by atoms with E-state index in [9.17, 15) is 19.5 Å². The Morgan fingerprint density at radius 2 is 1.84 bits per heavy atom. The summed E-state index contributed by atoms with van der Waals surface area (Å²) in [5.74, 6) is -2.37. The Morgan fingerprint density at radius 3 is 2.16 bits per heavy atom. The topological polar surface area (TPSA) is 92.7 Å². The third-order valence-electron chi connectivity index (χ3n) is 1.35. The van der Waals surface area contributed by atoms with Gasteiger partial charge >= 0.3 is 41.5 Å². The Balaban J connectivity index is -0.000000313. The molecule has 0 aromatic carbocycles. The van der Waals surface area contributed by atoms with Crippen molar-refractivity contribution in [2.75, 3.05) is 6.61 Å². The molecule has 7 heteroatoms. The number of ether oxygens (including phenoxy) is 2. The molecule has 19 heavy (non-hydrogen) atoms. The van der Waals surface area contributed by atoms with E-state index in [1.54, 1.807) is 0 Å². The van der Waals surface area contributed by atoms with Crippen molar-refractivity contribution >= 4 is 17.9 Å². The van der Waals surface area contributed by atoms with Crippen molar-refractivity contribution < 1.29 is 58.5 Å². The quantitative estimate of drug-likeness (QED) is 0.173. The van der Waals surface area contributed by atoms with Gasteiger partial charge in [0.15, 0.2) is 0 Å². The fourth-order valence-electron chi connectivity index (χ4n) is 0.619. The molecule has 0 aromatic rings. The number of carboxylic acid groups (broad SMARTS) is 1. The van der Waals surface area contributed by atoms with Gasteiger partial charge in [0.25, 0.3) is 0 Å². The van der Waals surface area contributed by atoms with Gasteiger partial charge in [0.2, 0.25) is 0 Å². The fraction of sp³-hybridized carbons (Fsp3) is 0.417. The predicted octanol–water partition coefficient (Wildman–Crippen LogP) is -2.67. The third kappa shape index (κ3) is 26.5. The van der Waals surface area contributed by atoms with Gasteiger partial charge in [-0.3, -0.25) is 4.79 Å². The zero-order valence-corrected chi connectivity index (χ0v) is 13.5. The van der Waals surface area contributed by atoms with E-state index in [1.165, 1.54) is 6.92 Å². The number of carbonyl (C=O) groups is 3. The summed E-state index contributed by atoms with van der Waals surface area (Å²) in [4.78, 5) is 30.2. The van der Waals surface area contributed by atoms with Crippen LogP contribution >= 0.6 is 0 Å². The van der Waals surface area contributed by atoms with E-state index in [4.69, 9.17) is 0 Å². The number of carboxylic acids is 1. The van der Waals surface area contributed by atoms with Crippen LogP contribution in [0.5, 0.6) is 0 Å². The second-order valence-corrected chi connectivity index (χ2v) is 2.95. The monoisotopic (exact) mass is 280 g/mol. The van der Waals surface area contributed by atoms with Crippen LogP contribution in [0, 0.1) is 0 Å². The molecule has 0 fully saturated rings. The largest absolute Gasteiger partial charge is 1.00 e. The molecular weight excluding hydrogens is 263 g/mol. The van der Waals surface area contributed by atoms with E-state index < -0.39 is 11.9 Å². The number of hydrogen-bond acceptors (Lipinski definition) is 6. The number of carbonyl (C=O) groups excluding carboxylic acids is 3. The number of unbranched alkanes of at least 4 members (excludes halogenated alkanes) is 1. The molecule has 0 rings (SSSR count). The van der Waals surface area contributed by atoms with Crippen LogP contribution in [0.3, 0.4) is 0 Å². The van der Waals surface area contributed by atoms with Gasteiger partial charge in [0.1, 0.15) is 0 Å². The summed E-state index contributed by atoms with van der Waals surface area (Å²) >= 11 is 0. The standard InChI is InChI=1S/C8H12O4.C4H6O2.Na/c1-2-3-6-12-8(11)5-4-7(9)10;1-3-6-4(2)5;/h4-5H,2-3,6H2,1H3,(H,9,10);3H,1H2,2H3;/q;;+1/p-1. The van der Waals surface area contributed by atoms with Gasteiger partial charge in [-0.05, 0) is 12.5 Å². The van der Waals surface area contributed by atoms with Crippen LogP contribution in [0.25, 0.3) is 0 Å². The molecule has 0 amide bonds. The minimum atomic E-state index is -1.40. The average Bonchev–Trinajstić information content (AvgIpc) is 2.27. The van der Waals surface area contributed by atoms with Crippen LogP contribution in [0.4, 0.5) is 0 Å². The van der Waals surface area contributed by atoms with Crippen LogP contribution in [0.2, 0.25) is 0 Å². The van der Waals surface area contributed by atoms with Crippen molar-refractivity contribution in [3.63, 3.8) is 0 Å². The molecule has 0 aliphatic carbocycles. The van der Waals surface area contributed by atoms with Gasteiger partial charge in [-0.1, -0.05) is 19.9 Å². The molecule has 0 N–H and O–H groups in total. The molecule has 0 aliphatic heterocycles. The van der Waals surface area contributed by atoms with Crippen molar-refractivity contribution in [3.8, 4) is 0 Å². The second kappa shape index (κ2) is 16.9. The molecule has 0 aromatic heterocycles. The van der Waals surface area contributed by atoms with Gasteiger partial charge < -0.3 is 19.4 Å². The molecule has 0 bridgehead atoms. The molecule has 0 atom stereocenters. The summed E-state index contributed by atoms with van der Waals surface area (Å²) in [5.41, 5.74) is 0. The predicted molar refractivity (Wildman–Crippen MR) is 62.0 cm³/mol. The van der Waals surface area contributed by atoms with Crippen molar-refractivity contribution in [2.45, 2.75) is 26.7 Å². The summed E-state index contributed by atoms with van der Waals surface area (Å²) in [5, 5.41) is 9.83. The Morgan fingerprint density at radius 1 is 1.26 bits per heavy atom. The molecule has 6 nitrogen and oxygen atoms in total. The van der Waals surface area contributed by atoms with Crippen molar-refractivity contribution in [1.29, 1.82) is 0 Å². The minimum absolute atomic E-state index is 0. The van der Waals surface area contributed by atoms with E-state index in [0.29, 0.717) is 12.7 Å². The number of esters is 2. The molecule has 0 spiro atoms. The van der Waals surface area contributed by atoms with Crippen LogP contribution in [-0.2, 0) is 23.9 Å². The summed E-state index contributed by atoms with van der Waals surface area (Å²) in [6, 6.07) is 0. The molecule has 0 heterocycles. The molecule has 0 saturated heterocycles. The molecule has 0 radical (unpaired) electrons. The van der Waals surface area contributed by atoms with Crippen LogP contribution in [0.1, 0.15) is 26.7 Å². The number of rotatable bonds is 6. The van der Waals surface area contributed by atoms with Crippen LogP contribution < -0.4 is 34.7 Å². The Kier molecular flexibility index (Phi) is 20.5.